The molecule has 0 saturated heterocycles. The van der Waals surface area contributed by atoms with Crippen molar-refractivity contribution in [3.05, 3.63) is 46.5 Å². The molecule has 0 saturated carbocycles. The summed E-state index contributed by atoms with van der Waals surface area (Å²) in [7, 11) is 0. The van der Waals surface area contributed by atoms with Crippen LogP contribution in [0.5, 0.6) is 0 Å². The van der Waals surface area contributed by atoms with E-state index in [4.69, 9.17) is 4.74 Å². The van der Waals surface area contributed by atoms with Gasteiger partial charge in [-0.1, -0.05) is 12.2 Å². The summed E-state index contributed by atoms with van der Waals surface area (Å²) in [5.41, 5.74) is 3.27. The minimum absolute atomic E-state index is 0.0610. The van der Waals surface area contributed by atoms with Crippen LogP contribution in [0.1, 0.15) is 47.6 Å². The van der Waals surface area contributed by atoms with Gasteiger partial charge in [-0.25, -0.2) is 0 Å². The van der Waals surface area contributed by atoms with E-state index in [0.717, 1.165) is 17.5 Å². The molecule has 3 rings (SSSR count). The molecule has 3 atom stereocenters. The van der Waals surface area contributed by atoms with Crippen LogP contribution >= 0.6 is 0 Å². The Morgan fingerprint density at radius 1 is 1.16 bits per heavy atom. The topological polar surface area (TPSA) is 56.8 Å². The average Bonchev–Trinajstić information content (AvgIpc) is 2.40. The number of ether oxygens (including phenoxy) is 1. The van der Waals surface area contributed by atoms with Gasteiger partial charge >= 0.3 is 0 Å². The van der Waals surface area contributed by atoms with Crippen LogP contribution in [0, 0.1) is 28.6 Å². The SMILES string of the molecule is CCOC1C[C@@H]2C=C[C@@H]2c2c(C#N)ccc(C#N)c21. The Hall–Kier alpha value is -2.10. The first kappa shape index (κ1) is 12.0. The molecule has 3 heteroatoms. The average molecular weight is 250 g/mol. The lowest BCUT2D eigenvalue weighted by Crippen LogP contribution is -2.29. The maximum absolute atomic E-state index is 9.31. The summed E-state index contributed by atoms with van der Waals surface area (Å²) in [6.45, 7) is 2.58. The van der Waals surface area contributed by atoms with Crippen LogP contribution in [-0.4, -0.2) is 6.61 Å². The zero-order valence-electron chi connectivity index (χ0n) is 10.8. The van der Waals surface area contributed by atoms with Crippen molar-refractivity contribution in [1.82, 2.24) is 0 Å². The highest BCUT2D eigenvalue weighted by molar-refractivity contribution is 5.57. The third-order valence-corrected chi connectivity index (χ3v) is 4.06. The Morgan fingerprint density at radius 2 is 1.84 bits per heavy atom. The fraction of sp³-hybridized carbons (Fsp3) is 0.375. The molecule has 0 spiro atoms. The Kier molecular flexibility index (Phi) is 2.85. The fourth-order valence-electron chi connectivity index (χ4n) is 3.17. The van der Waals surface area contributed by atoms with E-state index in [-0.39, 0.29) is 12.0 Å². The largest absolute Gasteiger partial charge is 0.374 e. The Labute approximate surface area is 112 Å². The molecule has 2 aliphatic rings. The lowest BCUT2D eigenvalue weighted by Gasteiger charge is -2.40. The molecule has 0 fully saturated rings. The standard InChI is InChI=1S/C16H14N2O/c1-2-19-14-7-10-5-6-13(10)15-11(8-17)3-4-12(9-18)16(14)15/h3-6,10,13-14H,2,7H2,1H3/t10-,13-,14?/m0/s1. The van der Waals surface area contributed by atoms with Crippen molar-refractivity contribution in [2.24, 2.45) is 5.92 Å². The van der Waals surface area contributed by atoms with Crippen LogP contribution in [0.3, 0.4) is 0 Å². The van der Waals surface area contributed by atoms with Crippen molar-refractivity contribution in [3.8, 4) is 12.1 Å². The van der Waals surface area contributed by atoms with Crippen LogP contribution in [-0.2, 0) is 4.74 Å². The fourth-order valence-corrected chi connectivity index (χ4v) is 3.17. The first-order chi connectivity index (χ1) is 9.30. The van der Waals surface area contributed by atoms with Crippen molar-refractivity contribution < 1.29 is 4.74 Å². The van der Waals surface area contributed by atoms with E-state index in [1.54, 1.807) is 12.1 Å². The molecule has 3 nitrogen and oxygen atoms in total. The molecule has 19 heavy (non-hydrogen) atoms. The van der Waals surface area contributed by atoms with Crippen molar-refractivity contribution in [1.29, 1.82) is 10.5 Å². The quantitative estimate of drug-likeness (QED) is 0.757. The molecule has 0 bridgehead atoms. The summed E-state index contributed by atoms with van der Waals surface area (Å²) in [6, 6.07) is 8.00. The number of nitrogens with zero attached hydrogens (tertiary/aromatic N) is 2. The molecule has 0 aromatic heterocycles. The number of hydrogen-bond acceptors (Lipinski definition) is 3. The zero-order chi connectivity index (χ0) is 13.4. The Morgan fingerprint density at radius 3 is 2.37 bits per heavy atom. The van der Waals surface area contributed by atoms with Crippen LogP contribution in [0.25, 0.3) is 0 Å². The predicted octanol–water partition coefficient (Wildman–Crippen LogP) is 3.18. The van der Waals surface area contributed by atoms with Gasteiger partial charge in [0.25, 0.3) is 0 Å². The van der Waals surface area contributed by atoms with Crippen molar-refractivity contribution >= 4 is 0 Å². The van der Waals surface area contributed by atoms with Gasteiger partial charge in [-0.2, -0.15) is 10.5 Å². The molecule has 1 aromatic rings. The van der Waals surface area contributed by atoms with Gasteiger partial charge in [0.15, 0.2) is 0 Å². The third kappa shape index (κ3) is 1.67. The first-order valence-electron chi connectivity index (χ1n) is 6.57. The number of rotatable bonds is 2. The monoisotopic (exact) mass is 250 g/mol. The van der Waals surface area contributed by atoms with Gasteiger partial charge < -0.3 is 4.74 Å². The van der Waals surface area contributed by atoms with Crippen LogP contribution in [0.15, 0.2) is 24.3 Å². The molecule has 0 N–H and O–H groups in total. The summed E-state index contributed by atoms with van der Waals surface area (Å²) in [5.74, 6) is 0.736. The van der Waals surface area contributed by atoms with E-state index in [9.17, 15) is 10.5 Å². The number of hydrogen-bond donors (Lipinski definition) is 0. The van der Waals surface area contributed by atoms with E-state index >= 15 is 0 Å². The van der Waals surface area contributed by atoms with Gasteiger partial charge in [0.2, 0.25) is 0 Å². The second-order valence-corrected chi connectivity index (χ2v) is 4.97. The normalized spacial score (nSPS) is 26.6. The number of nitriles is 2. The van der Waals surface area contributed by atoms with E-state index < -0.39 is 0 Å². The highest BCUT2D eigenvalue weighted by Gasteiger charge is 2.39. The number of allylic oxidation sites excluding steroid dienone is 2. The van der Waals surface area contributed by atoms with E-state index in [1.165, 1.54) is 0 Å². The highest BCUT2D eigenvalue weighted by atomic mass is 16.5. The maximum atomic E-state index is 9.31. The molecular weight excluding hydrogens is 236 g/mol. The van der Waals surface area contributed by atoms with Gasteiger partial charge in [-0.3, -0.25) is 0 Å². The minimum atomic E-state index is -0.0610. The van der Waals surface area contributed by atoms with Gasteiger partial charge in [0.1, 0.15) is 0 Å². The summed E-state index contributed by atoms with van der Waals surface area (Å²) in [5, 5.41) is 18.6. The van der Waals surface area contributed by atoms with Crippen molar-refractivity contribution in [2.75, 3.05) is 6.61 Å². The van der Waals surface area contributed by atoms with E-state index in [1.807, 2.05) is 6.92 Å². The summed E-state index contributed by atoms with van der Waals surface area (Å²) < 4.78 is 5.81. The number of benzene rings is 1. The van der Waals surface area contributed by atoms with Crippen molar-refractivity contribution in [3.63, 3.8) is 0 Å². The lowest BCUT2D eigenvalue weighted by molar-refractivity contribution is 0.0373. The predicted molar refractivity (Wildman–Crippen MR) is 70.2 cm³/mol. The molecule has 0 heterocycles. The van der Waals surface area contributed by atoms with Gasteiger partial charge in [0, 0.05) is 18.1 Å². The van der Waals surface area contributed by atoms with Crippen LogP contribution in [0.4, 0.5) is 0 Å². The first-order valence-corrected chi connectivity index (χ1v) is 6.57. The molecule has 94 valence electrons. The smallest absolute Gasteiger partial charge is 0.0995 e. The second-order valence-electron chi connectivity index (χ2n) is 4.97. The minimum Gasteiger partial charge on any atom is -0.374 e. The third-order valence-electron chi connectivity index (χ3n) is 4.06. The Bertz CT molecular complexity index is 633. The van der Waals surface area contributed by atoms with Crippen LogP contribution < -0.4 is 0 Å². The van der Waals surface area contributed by atoms with Gasteiger partial charge in [0.05, 0.1) is 29.4 Å². The van der Waals surface area contributed by atoms with E-state index in [2.05, 4.69) is 24.3 Å². The summed E-state index contributed by atoms with van der Waals surface area (Å²) in [4.78, 5) is 0. The summed E-state index contributed by atoms with van der Waals surface area (Å²) in [6.07, 6.45) is 5.16. The highest BCUT2D eigenvalue weighted by Crippen LogP contribution is 2.51. The Balaban J connectivity index is 2.23. The molecule has 1 unspecified atom stereocenters. The number of fused-ring (bicyclic) bond motifs is 3. The molecule has 1 aromatic carbocycles. The van der Waals surface area contributed by atoms with Crippen molar-refractivity contribution in [2.45, 2.75) is 25.4 Å². The molecule has 0 aliphatic heterocycles. The van der Waals surface area contributed by atoms with Crippen LogP contribution in [0.2, 0.25) is 0 Å². The lowest BCUT2D eigenvalue weighted by atomic mass is 9.66. The molecule has 2 aliphatic carbocycles. The molecular formula is C16H14N2O. The summed E-state index contributed by atoms with van der Waals surface area (Å²) >= 11 is 0. The van der Waals surface area contributed by atoms with Gasteiger partial charge in [-0.15, -0.1) is 0 Å². The molecule has 0 amide bonds. The molecule has 0 radical (unpaired) electrons. The maximum Gasteiger partial charge on any atom is 0.0995 e. The second kappa shape index (κ2) is 4.53. The zero-order valence-corrected chi connectivity index (χ0v) is 10.8. The van der Waals surface area contributed by atoms with Gasteiger partial charge in [-0.05, 0) is 37.0 Å². The van der Waals surface area contributed by atoms with E-state index in [0.29, 0.717) is 23.7 Å².